The third kappa shape index (κ3) is 5.43. The van der Waals surface area contributed by atoms with Crippen LogP contribution in [0.25, 0.3) is 0 Å². The molecule has 1 aliphatic heterocycles. The summed E-state index contributed by atoms with van der Waals surface area (Å²) in [6, 6.07) is 0. The maximum absolute atomic E-state index is 10.7. The van der Waals surface area contributed by atoms with Crippen LogP contribution in [-0.4, -0.2) is 35.6 Å². The highest BCUT2D eigenvalue weighted by Gasteiger charge is 2.23. The van der Waals surface area contributed by atoms with E-state index in [1.54, 1.807) is 0 Å². The first-order valence-corrected chi connectivity index (χ1v) is 8.57. The average molecular weight is 281 g/mol. The molecule has 0 amide bonds. The second-order valence-electron chi connectivity index (χ2n) is 7.17. The highest BCUT2D eigenvalue weighted by Crippen LogP contribution is 2.31. The lowest BCUT2D eigenvalue weighted by Crippen LogP contribution is -2.37. The van der Waals surface area contributed by atoms with Crippen molar-refractivity contribution in [3.05, 3.63) is 0 Å². The zero-order valence-corrected chi connectivity index (χ0v) is 13.0. The molecule has 0 aromatic carbocycles. The molecule has 3 unspecified atom stereocenters. The summed E-state index contributed by atoms with van der Waals surface area (Å²) in [6.45, 7) is 6.00. The molecule has 2 aliphatic rings. The van der Waals surface area contributed by atoms with Gasteiger partial charge in [-0.3, -0.25) is 4.79 Å². The van der Waals surface area contributed by atoms with E-state index in [1.807, 2.05) is 0 Å². The zero-order valence-electron chi connectivity index (χ0n) is 13.0. The van der Waals surface area contributed by atoms with Crippen molar-refractivity contribution in [1.29, 1.82) is 0 Å². The van der Waals surface area contributed by atoms with Crippen molar-refractivity contribution in [1.82, 2.24) is 4.90 Å². The summed E-state index contributed by atoms with van der Waals surface area (Å²) in [5.41, 5.74) is 0. The van der Waals surface area contributed by atoms with Gasteiger partial charge in [-0.1, -0.05) is 26.2 Å². The number of carbonyl (C=O) groups is 1. The fourth-order valence-corrected chi connectivity index (χ4v) is 4.10. The van der Waals surface area contributed by atoms with E-state index in [0.717, 1.165) is 24.8 Å². The topological polar surface area (TPSA) is 40.5 Å². The molecular formula is C17H31NO2. The first-order chi connectivity index (χ1) is 9.63. The smallest absolute Gasteiger partial charge is 0.303 e. The lowest BCUT2D eigenvalue weighted by molar-refractivity contribution is -0.137. The Hall–Kier alpha value is -0.570. The molecule has 3 atom stereocenters. The molecule has 0 aromatic heterocycles. The summed E-state index contributed by atoms with van der Waals surface area (Å²) in [4.78, 5) is 13.3. The monoisotopic (exact) mass is 281 g/mol. The van der Waals surface area contributed by atoms with Gasteiger partial charge in [0.25, 0.3) is 0 Å². The molecule has 20 heavy (non-hydrogen) atoms. The van der Waals surface area contributed by atoms with Crippen LogP contribution in [0.3, 0.4) is 0 Å². The number of hydrogen-bond donors (Lipinski definition) is 1. The Morgan fingerprint density at radius 1 is 1.15 bits per heavy atom. The predicted molar refractivity (Wildman–Crippen MR) is 81.8 cm³/mol. The van der Waals surface area contributed by atoms with Crippen molar-refractivity contribution < 1.29 is 9.90 Å². The molecule has 0 spiro atoms. The first kappa shape index (κ1) is 15.8. The van der Waals surface area contributed by atoms with Crippen LogP contribution in [0.1, 0.15) is 64.7 Å². The standard InChI is InChI=1S/C17H31NO2/c1-14-4-2-5-15(12-14)9-11-18-10-3-6-16(13-18)7-8-17(19)20/h14-16H,2-13H2,1H3,(H,19,20). The van der Waals surface area contributed by atoms with Crippen LogP contribution in [0.4, 0.5) is 0 Å². The summed E-state index contributed by atoms with van der Waals surface area (Å²) >= 11 is 0. The van der Waals surface area contributed by atoms with Gasteiger partial charge < -0.3 is 10.0 Å². The van der Waals surface area contributed by atoms with E-state index in [0.29, 0.717) is 12.3 Å². The number of hydrogen-bond acceptors (Lipinski definition) is 2. The Morgan fingerprint density at radius 3 is 2.70 bits per heavy atom. The third-order valence-corrected chi connectivity index (χ3v) is 5.27. The molecule has 0 bridgehead atoms. The maximum atomic E-state index is 10.7. The molecule has 0 aromatic rings. The Morgan fingerprint density at radius 2 is 1.95 bits per heavy atom. The second-order valence-corrected chi connectivity index (χ2v) is 7.17. The summed E-state index contributed by atoms with van der Waals surface area (Å²) in [5.74, 6) is 1.85. The Bertz CT molecular complexity index is 305. The van der Waals surface area contributed by atoms with Gasteiger partial charge in [0, 0.05) is 13.0 Å². The van der Waals surface area contributed by atoms with Crippen LogP contribution in [0.5, 0.6) is 0 Å². The Kier molecular flexibility index (Phi) is 6.34. The lowest BCUT2D eigenvalue weighted by Gasteiger charge is -2.34. The van der Waals surface area contributed by atoms with E-state index < -0.39 is 5.97 Å². The van der Waals surface area contributed by atoms with E-state index in [9.17, 15) is 4.79 Å². The summed E-state index contributed by atoms with van der Waals surface area (Å²) < 4.78 is 0. The number of carboxylic acids is 1. The highest BCUT2D eigenvalue weighted by molar-refractivity contribution is 5.66. The number of carboxylic acid groups (broad SMARTS) is 1. The molecule has 3 nitrogen and oxygen atoms in total. The molecule has 2 fully saturated rings. The van der Waals surface area contributed by atoms with Gasteiger partial charge in [0.05, 0.1) is 0 Å². The van der Waals surface area contributed by atoms with E-state index in [4.69, 9.17) is 5.11 Å². The van der Waals surface area contributed by atoms with Crippen molar-refractivity contribution in [3.8, 4) is 0 Å². The molecule has 1 heterocycles. The summed E-state index contributed by atoms with van der Waals surface area (Å²) in [6.07, 6.45) is 10.8. The van der Waals surface area contributed by atoms with Crippen molar-refractivity contribution in [2.45, 2.75) is 64.7 Å². The molecule has 2 rings (SSSR count). The molecule has 1 N–H and O–H groups in total. The molecule has 1 saturated carbocycles. The quantitative estimate of drug-likeness (QED) is 0.805. The van der Waals surface area contributed by atoms with Gasteiger partial charge in [-0.05, 0) is 62.9 Å². The van der Waals surface area contributed by atoms with Gasteiger partial charge in [0.15, 0.2) is 0 Å². The molecule has 0 radical (unpaired) electrons. The van der Waals surface area contributed by atoms with E-state index >= 15 is 0 Å². The molecule has 3 heteroatoms. The molecule has 1 saturated heterocycles. The van der Waals surface area contributed by atoms with Gasteiger partial charge in [-0.2, -0.15) is 0 Å². The van der Waals surface area contributed by atoms with Crippen LogP contribution in [-0.2, 0) is 4.79 Å². The normalized spacial score (nSPS) is 32.1. The Balaban J connectivity index is 1.66. The van der Waals surface area contributed by atoms with Crippen molar-refractivity contribution in [2.75, 3.05) is 19.6 Å². The van der Waals surface area contributed by atoms with Crippen LogP contribution in [0, 0.1) is 17.8 Å². The highest BCUT2D eigenvalue weighted by atomic mass is 16.4. The van der Waals surface area contributed by atoms with Crippen LogP contribution in [0.15, 0.2) is 0 Å². The Labute approximate surface area is 123 Å². The number of rotatable bonds is 6. The number of aliphatic carboxylic acids is 1. The fourth-order valence-electron chi connectivity index (χ4n) is 4.10. The van der Waals surface area contributed by atoms with Gasteiger partial charge in [0.1, 0.15) is 0 Å². The molecule has 116 valence electrons. The van der Waals surface area contributed by atoms with Crippen LogP contribution < -0.4 is 0 Å². The zero-order chi connectivity index (χ0) is 14.4. The van der Waals surface area contributed by atoms with Crippen molar-refractivity contribution >= 4 is 5.97 Å². The fraction of sp³-hybridized carbons (Fsp3) is 0.941. The number of nitrogens with zero attached hydrogens (tertiary/aromatic N) is 1. The molecule has 1 aliphatic carbocycles. The minimum absolute atomic E-state index is 0.346. The van der Waals surface area contributed by atoms with Gasteiger partial charge in [-0.15, -0.1) is 0 Å². The minimum atomic E-state index is -0.640. The van der Waals surface area contributed by atoms with Gasteiger partial charge in [0.2, 0.25) is 0 Å². The summed E-state index contributed by atoms with van der Waals surface area (Å²) in [5, 5.41) is 8.79. The number of likely N-dealkylation sites (tertiary alicyclic amines) is 1. The molecular weight excluding hydrogens is 250 g/mol. The number of piperidine rings is 1. The van der Waals surface area contributed by atoms with Gasteiger partial charge >= 0.3 is 5.97 Å². The lowest BCUT2D eigenvalue weighted by atomic mass is 9.80. The predicted octanol–water partition coefficient (Wildman–Crippen LogP) is 3.78. The second kappa shape index (κ2) is 8.02. The van der Waals surface area contributed by atoms with Crippen molar-refractivity contribution in [2.24, 2.45) is 17.8 Å². The maximum Gasteiger partial charge on any atom is 0.303 e. The largest absolute Gasteiger partial charge is 0.481 e. The summed E-state index contributed by atoms with van der Waals surface area (Å²) in [7, 11) is 0. The van der Waals surface area contributed by atoms with Gasteiger partial charge in [-0.25, -0.2) is 0 Å². The SMILES string of the molecule is CC1CCCC(CCN2CCCC(CCC(=O)O)C2)C1. The average Bonchev–Trinajstić information content (AvgIpc) is 2.43. The third-order valence-electron chi connectivity index (χ3n) is 5.27. The minimum Gasteiger partial charge on any atom is -0.481 e. The van der Waals surface area contributed by atoms with Crippen molar-refractivity contribution in [3.63, 3.8) is 0 Å². The van der Waals surface area contributed by atoms with E-state index in [1.165, 1.54) is 58.0 Å². The van der Waals surface area contributed by atoms with Crippen LogP contribution in [0.2, 0.25) is 0 Å². The van der Waals surface area contributed by atoms with Crippen LogP contribution >= 0.6 is 0 Å². The van der Waals surface area contributed by atoms with E-state index in [2.05, 4.69) is 11.8 Å². The first-order valence-electron chi connectivity index (χ1n) is 8.57. The van der Waals surface area contributed by atoms with E-state index in [-0.39, 0.29) is 0 Å².